The summed E-state index contributed by atoms with van der Waals surface area (Å²) < 4.78 is 0. The Morgan fingerprint density at radius 1 is 1.37 bits per heavy atom. The zero-order valence-electron chi connectivity index (χ0n) is 12.1. The van der Waals surface area contributed by atoms with Gasteiger partial charge in [0.05, 0.1) is 6.54 Å². The Morgan fingerprint density at radius 2 is 1.95 bits per heavy atom. The Morgan fingerprint density at radius 3 is 2.37 bits per heavy atom. The molecule has 0 saturated heterocycles. The van der Waals surface area contributed by atoms with E-state index < -0.39 is 5.91 Å². The van der Waals surface area contributed by atoms with E-state index in [0.29, 0.717) is 23.3 Å². The number of nitrogens with two attached hydrogens (primary N) is 1. The molecule has 1 heterocycles. The van der Waals surface area contributed by atoms with Gasteiger partial charge in [-0.15, -0.1) is 0 Å². The lowest BCUT2D eigenvalue weighted by molar-refractivity contribution is -0.116. The minimum atomic E-state index is -0.395. The summed E-state index contributed by atoms with van der Waals surface area (Å²) in [4.78, 5) is 21.8. The monoisotopic (exact) mass is 284 g/mol. The number of halogens is 1. The highest BCUT2D eigenvalue weighted by atomic mass is 35.5. The molecule has 1 amide bonds. The number of hydrogen-bond acceptors (Lipinski definition) is 4. The summed E-state index contributed by atoms with van der Waals surface area (Å²) in [6, 6.07) is 0. The summed E-state index contributed by atoms with van der Waals surface area (Å²) in [6.07, 6.45) is 0. The van der Waals surface area contributed by atoms with Gasteiger partial charge in [-0.1, -0.05) is 32.4 Å². The third-order valence-electron chi connectivity index (χ3n) is 2.76. The van der Waals surface area contributed by atoms with Crippen LogP contribution in [0.1, 0.15) is 39.1 Å². The third kappa shape index (κ3) is 3.80. The Labute approximate surface area is 119 Å². The topological polar surface area (TPSA) is 72.1 Å². The number of likely N-dealkylation sites (N-methyl/N-ethyl adjacent to an activating group) is 1. The molecule has 6 heteroatoms. The molecule has 0 saturated carbocycles. The molecular formula is C13H21ClN4O. The molecule has 1 aromatic rings. The molecule has 5 nitrogen and oxygen atoms in total. The average molecular weight is 285 g/mol. The van der Waals surface area contributed by atoms with Crippen LogP contribution in [-0.2, 0) is 10.2 Å². The van der Waals surface area contributed by atoms with Crippen molar-refractivity contribution < 1.29 is 4.79 Å². The number of carbonyl (C=O) groups is 1. The lowest BCUT2D eigenvalue weighted by Gasteiger charge is -2.25. The molecule has 19 heavy (non-hydrogen) atoms. The highest BCUT2D eigenvalue weighted by molar-refractivity contribution is 6.30. The van der Waals surface area contributed by atoms with Crippen molar-refractivity contribution in [3.8, 4) is 0 Å². The lowest BCUT2D eigenvalue weighted by Crippen LogP contribution is -2.35. The van der Waals surface area contributed by atoms with Gasteiger partial charge < -0.3 is 10.6 Å². The maximum atomic E-state index is 11.1. The maximum Gasteiger partial charge on any atom is 0.236 e. The van der Waals surface area contributed by atoms with E-state index in [9.17, 15) is 4.79 Å². The summed E-state index contributed by atoms with van der Waals surface area (Å²) in [5.74, 6) is 0.931. The normalized spacial score (nSPS) is 11.5. The van der Waals surface area contributed by atoms with Crippen LogP contribution in [0.4, 0.5) is 5.82 Å². The summed E-state index contributed by atoms with van der Waals surface area (Å²) in [6.45, 7) is 10.6. The van der Waals surface area contributed by atoms with Crippen LogP contribution in [0.25, 0.3) is 0 Å². The maximum absolute atomic E-state index is 11.1. The van der Waals surface area contributed by atoms with Gasteiger partial charge in [0.2, 0.25) is 5.91 Å². The molecule has 0 atom stereocenters. The minimum Gasteiger partial charge on any atom is -0.368 e. The summed E-state index contributed by atoms with van der Waals surface area (Å²) in [5, 5.41) is 0.415. The van der Waals surface area contributed by atoms with Crippen LogP contribution in [0, 0.1) is 6.92 Å². The van der Waals surface area contributed by atoms with Crippen molar-refractivity contribution in [1.82, 2.24) is 9.97 Å². The fraction of sp³-hybridized carbons (Fsp3) is 0.615. The number of rotatable bonds is 4. The van der Waals surface area contributed by atoms with Gasteiger partial charge in [-0.25, -0.2) is 9.97 Å². The lowest BCUT2D eigenvalue weighted by atomic mass is 9.95. The average Bonchev–Trinajstić information content (AvgIpc) is 2.28. The van der Waals surface area contributed by atoms with Gasteiger partial charge in [0.25, 0.3) is 0 Å². The molecule has 0 aliphatic carbocycles. The fourth-order valence-electron chi connectivity index (χ4n) is 1.65. The molecule has 106 valence electrons. The van der Waals surface area contributed by atoms with Gasteiger partial charge in [0.15, 0.2) is 0 Å². The Bertz CT molecular complexity index is 482. The van der Waals surface area contributed by atoms with Gasteiger partial charge >= 0.3 is 0 Å². The quantitative estimate of drug-likeness (QED) is 0.859. The smallest absolute Gasteiger partial charge is 0.236 e. The van der Waals surface area contributed by atoms with Crippen LogP contribution in [0.2, 0.25) is 5.15 Å². The van der Waals surface area contributed by atoms with E-state index in [1.807, 2.05) is 34.6 Å². The summed E-state index contributed by atoms with van der Waals surface area (Å²) >= 11 is 6.17. The zero-order chi connectivity index (χ0) is 14.8. The highest BCUT2D eigenvalue weighted by Crippen LogP contribution is 2.28. The number of anilines is 1. The first-order valence-electron chi connectivity index (χ1n) is 6.24. The second-order valence-corrected chi connectivity index (χ2v) is 5.88. The van der Waals surface area contributed by atoms with E-state index >= 15 is 0 Å². The summed E-state index contributed by atoms with van der Waals surface area (Å²) in [5.41, 5.74) is 5.81. The number of amides is 1. The van der Waals surface area contributed by atoms with E-state index in [1.54, 1.807) is 4.90 Å². The van der Waals surface area contributed by atoms with Gasteiger partial charge in [-0.05, 0) is 13.8 Å². The van der Waals surface area contributed by atoms with Crippen LogP contribution < -0.4 is 10.6 Å². The molecule has 0 spiro atoms. The largest absolute Gasteiger partial charge is 0.368 e. The number of hydrogen-bond donors (Lipinski definition) is 1. The van der Waals surface area contributed by atoms with Crippen molar-refractivity contribution in [2.24, 2.45) is 5.73 Å². The van der Waals surface area contributed by atoms with Crippen LogP contribution >= 0.6 is 11.6 Å². The van der Waals surface area contributed by atoms with Crippen molar-refractivity contribution in [1.29, 1.82) is 0 Å². The van der Waals surface area contributed by atoms with Crippen molar-refractivity contribution in [3.05, 3.63) is 16.5 Å². The van der Waals surface area contributed by atoms with Crippen LogP contribution in [0.5, 0.6) is 0 Å². The highest BCUT2D eigenvalue weighted by Gasteiger charge is 2.23. The molecule has 2 N–H and O–H groups in total. The molecule has 0 fully saturated rings. The number of carbonyl (C=O) groups excluding carboxylic acids is 1. The molecular weight excluding hydrogens is 264 g/mol. The predicted octanol–water partition coefficient (Wildman–Crippen LogP) is 2.05. The minimum absolute atomic E-state index is 0.119. The standard InChI is InChI=1S/C13H21ClN4O/c1-6-18(7-9(15)19)11-8(2)10(14)16-12(17-11)13(3,4)5/h6-7H2,1-5H3,(H2,15,19). The number of nitrogens with zero attached hydrogens (tertiary/aromatic N) is 3. The van der Waals surface area contributed by atoms with Crippen molar-refractivity contribution in [3.63, 3.8) is 0 Å². The van der Waals surface area contributed by atoms with Crippen LogP contribution in [0.15, 0.2) is 0 Å². The molecule has 1 rings (SSSR count). The number of aromatic nitrogens is 2. The SMILES string of the molecule is CCN(CC(N)=O)c1nc(C(C)(C)C)nc(Cl)c1C. The van der Waals surface area contributed by atoms with E-state index in [-0.39, 0.29) is 12.0 Å². The second-order valence-electron chi connectivity index (χ2n) is 5.52. The first-order valence-corrected chi connectivity index (χ1v) is 6.62. The summed E-state index contributed by atoms with van der Waals surface area (Å²) in [7, 11) is 0. The molecule has 0 aliphatic rings. The van der Waals surface area contributed by atoms with Gasteiger partial charge in [0.1, 0.15) is 16.8 Å². The molecule has 0 radical (unpaired) electrons. The van der Waals surface area contributed by atoms with Crippen molar-refractivity contribution in [2.75, 3.05) is 18.0 Å². The fourth-order valence-corrected chi connectivity index (χ4v) is 1.81. The second kappa shape index (κ2) is 5.74. The zero-order valence-corrected chi connectivity index (χ0v) is 12.9. The van der Waals surface area contributed by atoms with E-state index in [0.717, 1.165) is 5.56 Å². The molecule has 0 aromatic carbocycles. The molecule has 1 aromatic heterocycles. The Balaban J connectivity index is 3.32. The van der Waals surface area contributed by atoms with E-state index in [4.69, 9.17) is 17.3 Å². The predicted molar refractivity (Wildman–Crippen MR) is 77.6 cm³/mol. The first-order chi connectivity index (χ1) is 8.66. The van der Waals surface area contributed by atoms with E-state index in [1.165, 1.54) is 0 Å². The Hall–Kier alpha value is -1.36. The third-order valence-corrected chi connectivity index (χ3v) is 3.13. The number of primary amides is 1. The van der Waals surface area contributed by atoms with E-state index in [2.05, 4.69) is 9.97 Å². The van der Waals surface area contributed by atoms with Gasteiger partial charge in [-0.2, -0.15) is 0 Å². The molecule has 0 aliphatic heterocycles. The molecule has 0 bridgehead atoms. The Kier molecular flexibility index (Phi) is 4.74. The van der Waals surface area contributed by atoms with Crippen molar-refractivity contribution in [2.45, 2.75) is 40.0 Å². The van der Waals surface area contributed by atoms with Gasteiger partial charge in [-0.3, -0.25) is 4.79 Å². The van der Waals surface area contributed by atoms with Gasteiger partial charge in [0, 0.05) is 17.5 Å². The first kappa shape index (κ1) is 15.7. The van der Waals surface area contributed by atoms with Crippen molar-refractivity contribution >= 4 is 23.3 Å². The molecule has 0 unspecified atom stereocenters. The van der Waals surface area contributed by atoms with Crippen LogP contribution in [0.3, 0.4) is 0 Å². The van der Waals surface area contributed by atoms with Crippen LogP contribution in [-0.4, -0.2) is 29.0 Å².